The van der Waals surface area contributed by atoms with Crippen molar-refractivity contribution in [3.05, 3.63) is 96.4 Å². The van der Waals surface area contributed by atoms with Gasteiger partial charge in [-0.15, -0.1) is 0 Å². The van der Waals surface area contributed by atoms with Gasteiger partial charge in [-0.2, -0.15) is 13.9 Å². The molecule has 1 N–H and O–H groups in total. The van der Waals surface area contributed by atoms with E-state index in [-0.39, 0.29) is 35.3 Å². The Morgan fingerprint density at radius 1 is 1.04 bits per heavy atom. The molecular weight excluding hydrogens is 648 g/mol. The first-order chi connectivity index (χ1) is 23.1. The van der Waals surface area contributed by atoms with Gasteiger partial charge in [0.25, 0.3) is 5.91 Å². The molecule has 0 spiro atoms. The van der Waals surface area contributed by atoms with Crippen molar-refractivity contribution in [2.45, 2.75) is 49.5 Å². The van der Waals surface area contributed by atoms with Crippen molar-refractivity contribution in [1.82, 2.24) is 20.1 Å². The van der Waals surface area contributed by atoms with Crippen LogP contribution < -0.4 is 15.0 Å². The highest BCUT2D eigenvalue weighted by molar-refractivity contribution is 7.91. The predicted molar refractivity (Wildman–Crippen MR) is 171 cm³/mol. The Hall–Kier alpha value is -4.89. The standard InChI is InChI=1S/C33H35F2N5O7S/c1-3-48(43,44)28-12-7-22(8-13-28)29(18-31(41)45-2)38-32(42)23-5-9-24(10-6-23)39-20-27(17-26(39)21-46-33(34)35)47-30-14-11-25(19-36-30)40-16-4-15-37-40/h4-16,19,26-27,29,33H,3,17-18,20-21H2,1-2H3,(H,38,42)/t26-,27-,29?/m0/s1. The molecule has 15 heteroatoms. The number of rotatable bonds is 14. The zero-order valence-electron chi connectivity index (χ0n) is 26.2. The summed E-state index contributed by atoms with van der Waals surface area (Å²) in [6, 6.07) is 16.6. The number of aromatic nitrogens is 3. The second-order valence-corrected chi connectivity index (χ2v) is 13.3. The number of nitrogens with one attached hydrogen (secondary N) is 1. The van der Waals surface area contributed by atoms with E-state index in [1.54, 1.807) is 78.7 Å². The molecule has 5 rings (SSSR count). The summed E-state index contributed by atoms with van der Waals surface area (Å²) < 4.78 is 67.6. The van der Waals surface area contributed by atoms with Crippen LogP contribution in [0.5, 0.6) is 5.88 Å². The first kappa shape index (κ1) is 34.4. The number of methoxy groups -OCH3 is 1. The molecule has 3 heterocycles. The van der Waals surface area contributed by atoms with Crippen LogP contribution in [0.4, 0.5) is 14.5 Å². The topological polar surface area (TPSA) is 142 Å². The van der Waals surface area contributed by atoms with Crippen LogP contribution in [-0.4, -0.2) is 79.8 Å². The van der Waals surface area contributed by atoms with Gasteiger partial charge >= 0.3 is 12.6 Å². The number of nitrogens with zero attached hydrogens (tertiary/aromatic N) is 4. The lowest BCUT2D eigenvalue weighted by molar-refractivity contribution is -0.141. The lowest BCUT2D eigenvalue weighted by Crippen LogP contribution is -2.34. The SMILES string of the molecule is CCS(=O)(=O)c1ccc(C(CC(=O)OC)NC(=O)c2ccc(N3C[C@@H](Oc4ccc(-n5cccn5)cn4)C[C@H]3COC(F)F)cc2)cc1. The first-order valence-corrected chi connectivity index (χ1v) is 16.8. The van der Waals surface area contributed by atoms with Gasteiger partial charge in [-0.25, -0.2) is 18.1 Å². The normalized spacial score (nSPS) is 16.9. The summed E-state index contributed by atoms with van der Waals surface area (Å²) in [5, 5.41) is 7.00. The van der Waals surface area contributed by atoms with Crippen molar-refractivity contribution < 1.29 is 41.0 Å². The van der Waals surface area contributed by atoms with E-state index in [0.29, 0.717) is 30.1 Å². The van der Waals surface area contributed by atoms with Gasteiger partial charge in [0.1, 0.15) is 6.10 Å². The van der Waals surface area contributed by atoms with E-state index in [9.17, 15) is 26.8 Å². The van der Waals surface area contributed by atoms with E-state index in [4.69, 9.17) is 9.47 Å². The van der Waals surface area contributed by atoms with Crippen LogP contribution in [0, 0.1) is 0 Å². The van der Waals surface area contributed by atoms with Gasteiger partial charge in [0, 0.05) is 36.1 Å². The Labute approximate surface area is 276 Å². The average Bonchev–Trinajstić information content (AvgIpc) is 3.78. The Kier molecular flexibility index (Phi) is 11.0. The van der Waals surface area contributed by atoms with Gasteiger partial charge in [0.05, 0.1) is 61.3 Å². The van der Waals surface area contributed by atoms with E-state index in [2.05, 4.69) is 20.1 Å². The molecule has 0 aliphatic carbocycles. The summed E-state index contributed by atoms with van der Waals surface area (Å²) in [6.45, 7) is -1.27. The number of pyridine rings is 1. The van der Waals surface area contributed by atoms with E-state index in [1.807, 2.05) is 11.0 Å². The number of benzene rings is 2. The molecule has 1 aliphatic heterocycles. The molecule has 4 aromatic rings. The molecule has 12 nitrogen and oxygen atoms in total. The molecule has 2 aromatic heterocycles. The molecule has 0 bridgehead atoms. The maximum atomic E-state index is 13.3. The summed E-state index contributed by atoms with van der Waals surface area (Å²) in [5.74, 6) is -0.728. The van der Waals surface area contributed by atoms with Gasteiger partial charge < -0.3 is 24.4 Å². The molecule has 3 atom stereocenters. The lowest BCUT2D eigenvalue weighted by Gasteiger charge is -2.26. The number of ether oxygens (including phenoxy) is 3. The van der Waals surface area contributed by atoms with Crippen molar-refractivity contribution in [2.24, 2.45) is 0 Å². The smallest absolute Gasteiger partial charge is 0.345 e. The van der Waals surface area contributed by atoms with E-state index in [0.717, 1.165) is 5.69 Å². The number of carbonyl (C=O) groups excluding carboxylic acids is 2. The number of carbonyl (C=O) groups is 2. The van der Waals surface area contributed by atoms with Crippen LogP contribution in [0.25, 0.3) is 5.69 Å². The maximum absolute atomic E-state index is 13.3. The van der Waals surface area contributed by atoms with Crippen LogP contribution in [0.3, 0.4) is 0 Å². The van der Waals surface area contributed by atoms with Crippen molar-refractivity contribution in [3.63, 3.8) is 0 Å². The van der Waals surface area contributed by atoms with Gasteiger partial charge in [0.2, 0.25) is 5.88 Å². The molecule has 1 saturated heterocycles. The fraction of sp³-hybridized carbons (Fsp3) is 0.333. The Bertz CT molecular complexity index is 1770. The minimum absolute atomic E-state index is 0.0613. The Morgan fingerprint density at radius 2 is 1.77 bits per heavy atom. The highest BCUT2D eigenvalue weighted by atomic mass is 32.2. The summed E-state index contributed by atoms with van der Waals surface area (Å²) in [7, 11) is -2.19. The number of sulfone groups is 1. The molecule has 1 amide bonds. The molecule has 0 saturated carbocycles. The van der Waals surface area contributed by atoms with Crippen molar-refractivity contribution >= 4 is 27.4 Å². The second-order valence-electron chi connectivity index (χ2n) is 11.0. The van der Waals surface area contributed by atoms with Crippen molar-refractivity contribution in [2.75, 3.05) is 30.9 Å². The number of amides is 1. The van der Waals surface area contributed by atoms with Crippen LogP contribution in [-0.2, 0) is 24.1 Å². The molecular formula is C33H35F2N5O7S. The summed E-state index contributed by atoms with van der Waals surface area (Å²) in [5.41, 5.74) is 2.23. The third-order valence-corrected chi connectivity index (χ3v) is 9.70. The number of hydrogen-bond acceptors (Lipinski definition) is 10. The minimum Gasteiger partial charge on any atom is -0.472 e. The van der Waals surface area contributed by atoms with Crippen LogP contribution in [0.2, 0.25) is 0 Å². The number of hydrogen-bond donors (Lipinski definition) is 1. The van der Waals surface area contributed by atoms with Gasteiger partial charge in [-0.1, -0.05) is 19.1 Å². The zero-order chi connectivity index (χ0) is 34.3. The summed E-state index contributed by atoms with van der Waals surface area (Å²) >= 11 is 0. The largest absolute Gasteiger partial charge is 0.472 e. The quantitative estimate of drug-likeness (QED) is 0.191. The second kappa shape index (κ2) is 15.3. The number of anilines is 1. The molecule has 1 unspecified atom stereocenters. The molecule has 0 radical (unpaired) electrons. The fourth-order valence-corrected chi connectivity index (χ4v) is 6.29. The number of esters is 1. The van der Waals surface area contributed by atoms with E-state index >= 15 is 0 Å². The van der Waals surface area contributed by atoms with Gasteiger partial charge in [0.15, 0.2) is 9.84 Å². The monoisotopic (exact) mass is 683 g/mol. The Balaban J connectivity index is 1.28. The molecule has 48 heavy (non-hydrogen) atoms. The first-order valence-electron chi connectivity index (χ1n) is 15.2. The zero-order valence-corrected chi connectivity index (χ0v) is 27.1. The number of halogens is 2. The van der Waals surface area contributed by atoms with Gasteiger partial charge in [-0.3, -0.25) is 9.59 Å². The van der Waals surface area contributed by atoms with Crippen molar-refractivity contribution in [1.29, 1.82) is 0 Å². The predicted octanol–water partition coefficient (Wildman–Crippen LogP) is 4.36. The molecule has 2 aromatic carbocycles. The van der Waals surface area contributed by atoms with Crippen LogP contribution in [0.15, 0.2) is 90.2 Å². The fourth-order valence-electron chi connectivity index (χ4n) is 5.41. The molecule has 1 aliphatic rings. The van der Waals surface area contributed by atoms with Crippen molar-refractivity contribution in [3.8, 4) is 11.6 Å². The highest BCUT2D eigenvalue weighted by Crippen LogP contribution is 2.30. The van der Waals surface area contributed by atoms with E-state index in [1.165, 1.54) is 19.2 Å². The van der Waals surface area contributed by atoms with Crippen LogP contribution >= 0.6 is 0 Å². The minimum atomic E-state index is -3.43. The Morgan fingerprint density at radius 3 is 2.38 bits per heavy atom. The summed E-state index contributed by atoms with van der Waals surface area (Å²) in [4.78, 5) is 31.8. The molecule has 1 fully saturated rings. The third kappa shape index (κ3) is 8.52. The molecule has 254 valence electrons. The average molecular weight is 684 g/mol. The lowest BCUT2D eigenvalue weighted by atomic mass is 10.0. The van der Waals surface area contributed by atoms with Gasteiger partial charge in [-0.05, 0) is 54.1 Å². The third-order valence-electron chi connectivity index (χ3n) is 7.95. The van der Waals surface area contributed by atoms with E-state index < -0.39 is 40.4 Å². The maximum Gasteiger partial charge on any atom is 0.345 e. The van der Waals surface area contributed by atoms with Crippen LogP contribution in [0.1, 0.15) is 41.7 Å². The highest BCUT2D eigenvalue weighted by Gasteiger charge is 2.35. The number of alkyl halides is 2. The summed E-state index contributed by atoms with van der Waals surface area (Å²) in [6.07, 6.45) is 4.91.